The Bertz CT molecular complexity index is 553. The molecule has 0 aromatic carbocycles. The van der Waals surface area contributed by atoms with E-state index >= 15 is 0 Å². The van der Waals surface area contributed by atoms with Gasteiger partial charge in [0.2, 0.25) is 5.89 Å². The Hall–Kier alpha value is -1.69. The first kappa shape index (κ1) is 17.7. The first-order valence-electron chi connectivity index (χ1n) is 8.33. The average Bonchev–Trinajstić information content (AvgIpc) is 3.00. The average molecular weight is 321 g/mol. The SMILES string of the molecule is C/C=C/Cc1nnc(C(=O)N2CCC[C@@](CO)(CC(C)C)C2)o1. The van der Waals surface area contributed by atoms with E-state index in [1.807, 2.05) is 19.1 Å². The number of aliphatic hydroxyl groups excluding tert-OH is 1. The molecule has 1 amide bonds. The Kier molecular flexibility index (Phi) is 5.93. The summed E-state index contributed by atoms with van der Waals surface area (Å²) in [5.41, 5.74) is -0.212. The van der Waals surface area contributed by atoms with Crippen LogP contribution >= 0.6 is 0 Å². The quantitative estimate of drug-likeness (QED) is 0.814. The number of piperidine rings is 1. The molecule has 1 aromatic rings. The Balaban J connectivity index is 2.08. The molecule has 0 saturated carbocycles. The topological polar surface area (TPSA) is 79.5 Å². The van der Waals surface area contributed by atoms with Crippen molar-refractivity contribution in [1.29, 1.82) is 0 Å². The number of allylic oxidation sites excluding steroid dienone is 2. The number of rotatable bonds is 6. The van der Waals surface area contributed by atoms with Gasteiger partial charge in [-0.05, 0) is 32.1 Å². The number of nitrogens with zero attached hydrogens (tertiary/aromatic N) is 3. The molecule has 1 aromatic heterocycles. The Morgan fingerprint density at radius 2 is 2.26 bits per heavy atom. The van der Waals surface area contributed by atoms with Crippen LogP contribution in [0.15, 0.2) is 16.6 Å². The van der Waals surface area contributed by atoms with E-state index in [4.69, 9.17) is 4.42 Å². The lowest BCUT2D eigenvalue weighted by Crippen LogP contribution is -2.48. The van der Waals surface area contributed by atoms with Crippen LogP contribution in [0.5, 0.6) is 0 Å². The smallest absolute Gasteiger partial charge is 0.311 e. The zero-order chi connectivity index (χ0) is 16.9. The highest BCUT2D eigenvalue weighted by Gasteiger charge is 2.38. The summed E-state index contributed by atoms with van der Waals surface area (Å²) in [6, 6.07) is 0. The Labute approximate surface area is 137 Å². The molecule has 0 bridgehead atoms. The predicted octanol–water partition coefficient (Wildman–Crippen LogP) is 2.45. The molecule has 2 rings (SSSR count). The van der Waals surface area contributed by atoms with Crippen molar-refractivity contribution in [3.8, 4) is 0 Å². The summed E-state index contributed by atoms with van der Waals surface area (Å²) < 4.78 is 5.46. The summed E-state index contributed by atoms with van der Waals surface area (Å²) in [7, 11) is 0. The van der Waals surface area contributed by atoms with E-state index in [-0.39, 0.29) is 23.8 Å². The fourth-order valence-electron chi connectivity index (χ4n) is 3.38. The molecule has 23 heavy (non-hydrogen) atoms. The molecule has 1 fully saturated rings. The number of aliphatic hydroxyl groups is 1. The number of hydrogen-bond donors (Lipinski definition) is 1. The third-order valence-electron chi connectivity index (χ3n) is 4.30. The lowest BCUT2D eigenvalue weighted by molar-refractivity contribution is 0.0140. The van der Waals surface area contributed by atoms with Gasteiger partial charge < -0.3 is 14.4 Å². The second kappa shape index (κ2) is 7.73. The van der Waals surface area contributed by atoms with Crippen molar-refractivity contribution in [2.24, 2.45) is 11.3 Å². The zero-order valence-corrected chi connectivity index (χ0v) is 14.3. The van der Waals surface area contributed by atoms with E-state index in [0.29, 0.717) is 31.3 Å². The molecule has 1 aliphatic rings. The van der Waals surface area contributed by atoms with Crippen LogP contribution < -0.4 is 0 Å². The monoisotopic (exact) mass is 321 g/mol. The summed E-state index contributed by atoms with van der Waals surface area (Å²) in [4.78, 5) is 14.4. The molecule has 1 atom stereocenters. The fourth-order valence-corrected chi connectivity index (χ4v) is 3.38. The van der Waals surface area contributed by atoms with Crippen molar-refractivity contribution >= 4 is 5.91 Å². The molecule has 0 radical (unpaired) electrons. The number of carbonyl (C=O) groups is 1. The van der Waals surface area contributed by atoms with Gasteiger partial charge in [-0.25, -0.2) is 0 Å². The van der Waals surface area contributed by atoms with Gasteiger partial charge in [0.15, 0.2) is 0 Å². The summed E-state index contributed by atoms with van der Waals surface area (Å²) in [6.07, 6.45) is 7.08. The number of carbonyl (C=O) groups excluding carboxylic acids is 1. The van der Waals surface area contributed by atoms with Crippen LogP contribution in [0.3, 0.4) is 0 Å². The molecular weight excluding hydrogens is 294 g/mol. The summed E-state index contributed by atoms with van der Waals surface area (Å²) in [5, 5.41) is 17.6. The zero-order valence-electron chi connectivity index (χ0n) is 14.3. The van der Waals surface area contributed by atoms with Crippen molar-refractivity contribution < 1.29 is 14.3 Å². The highest BCUT2D eigenvalue weighted by Crippen LogP contribution is 2.36. The highest BCUT2D eigenvalue weighted by atomic mass is 16.4. The summed E-state index contributed by atoms with van der Waals surface area (Å²) >= 11 is 0. The molecule has 1 aliphatic heterocycles. The van der Waals surface area contributed by atoms with Crippen LogP contribution in [0, 0.1) is 11.3 Å². The van der Waals surface area contributed by atoms with Crippen molar-refractivity contribution in [2.45, 2.75) is 46.5 Å². The standard InChI is InChI=1S/C17H27N3O3/c1-4-5-7-14-18-19-15(23-14)16(22)20-9-6-8-17(11-20,12-21)10-13(2)3/h4-5,13,21H,6-12H2,1-3H3/b5-4+/t17-/m1/s1. The van der Waals surface area contributed by atoms with Gasteiger partial charge in [-0.1, -0.05) is 26.0 Å². The number of likely N-dealkylation sites (tertiary alicyclic amines) is 1. The molecule has 0 unspecified atom stereocenters. The van der Waals surface area contributed by atoms with E-state index in [2.05, 4.69) is 24.0 Å². The second-order valence-electron chi connectivity index (χ2n) is 6.86. The first-order chi connectivity index (χ1) is 11.0. The molecule has 1 saturated heterocycles. The molecule has 0 aliphatic carbocycles. The van der Waals surface area contributed by atoms with Gasteiger partial charge >= 0.3 is 11.8 Å². The molecule has 6 nitrogen and oxygen atoms in total. The van der Waals surface area contributed by atoms with Crippen molar-refractivity contribution in [3.63, 3.8) is 0 Å². The third-order valence-corrected chi connectivity index (χ3v) is 4.30. The van der Waals surface area contributed by atoms with Crippen molar-refractivity contribution in [2.75, 3.05) is 19.7 Å². The van der Waals surface area contributed by atoms with Gasteiger partial charge in [0.05, 0.1) is 6.61 Å². The van der Waals surface area contributed by atoms with Crippen LogP contribution in [-0.2, 0) is 6.42 Å². The fraction of sp³-hybridized carbons (Fsp3) is 0.706. The summed E-state index contributed by atoms with van der Waals surface area (Å²) in [5.74, 6) is 0.736. The van der Waals surface area contributed by atoms with E-state index < -0.39 is 0 Å². The second-order valence-corrected chi connectivity index (χ2v) is 6.86. The highest BCUT2D eigenvalue weighted by molar-refractivity contribution is 5.89. The lowest BCUT2D eigenvalue weighted by atomic mass is 9.74. The summed E-state index contributed by atoms with van der Waals surface area (Å²) in [6.45, 7) is 7.52. The molecule has 0 spiro atoms. The van der Waals surface area contributed by atoms with Gasteiger partial charge in [0.25, 0.3) is 0 Å². The van der Waals surface area contributed by atoms with Crippen molar-refractivity contribution in [1.82, 2.24) is 15.1 Å². The van der Waals surface area contributed by atoms with Crippen LogP contribution in [-0.4, -0.2) is 45.8 Å². The van der Waals surface area contributed by atoms with Gasteiger partial charge in [-0.3, -0.25) is 4.79 Å². The predicted molar refractivity (Wildman–Crippen MR) is 86.9 cm³/mol. The number of aromatic nitrogens is 2. The lowest BCUT2D eigenvalue weighted by Gasteiger charge is -2.42. The number of hydrogen-bond acceptors (Lipinski definition) is 5. The van der Waals surface area contributed by atoms with Crippen LogP contribution in [0.2, 0.25) is 0 Å². The Morgan fingerprint density at radius 3 is 2.91 bits per heavy atom. The van der Waals surface area contributed by atoms with E-state index in [9.17, 15) is 9.90 Å². The minimum absolute atomic E-state index is 0.0442. The molecule has 2 heterocycles. The minimum atomic E-state index is -0.231. The molecule has 128 valence electrons. The largest absolute Gasteiger partial charge is 0.417 e. The number of amides is 1. The maximum Gasteiger partial charge on any atom is 0.311 e. The Morgan fingerprint density at radius 1 is 1.48 bits per heavy atom. The molecular formula is C17H27N3O3. The van der Waals surface area contributed by atoms with Gasteiger partial charge in [0, 0.05) is 24.9 Å². The van der Waals surface area contributed by atoms with Crippen LogP contribution in [0.25, 0.3) is 0 Å². The normalized spacial score (nSPS) is 22.2. The maximum absolute atomic E-state index is 12.6. The molecule has 6 heteroatoms. The van der Waals surface area contributed by atoms with Crippen LogP contribution in [0.1, 0.15) is 56.6 Å². The first-order valence-corrected chi connectivity index (χ1v) is 8.33. The van der Waals surface area contributed by atoms with Gasteiger partial charge in [-0.15, -0.1) is 10.2 Å². The van der Waals surface area contributed by atoms with Gasteiger partial charge in [-0.2, -0.15) is 0 Å². The maximum atomic E-state index is 12.6. The minimum Gasteiger partial charge on any atom is -0.417 e. The molecule has 1 N–H and O–H groups in total. The van der Waals surface area contributed by atoms with E-state index in [1.54, 1.807) is 4.90 Å². The van der Waals surface area contributed by atoms with E-state index in [0.717, 1.165) is 19.3 Å². The third kappa shape index (κ3) is 4.41. The van der Waals surface area contributed by atoms with Gasteiger partial charge in [0.1, 0.15) is 0 Å². The van der Waals surface area contributed by atoms with Crippen molar-refractivity contribution in [3.05, 3.63) is 23.9 Å². The van der Waals surface area contributed by atoms with E-state index in [1.165, 1.54) is 0 Å². The van der Waals surface area contributed by atoms with Crippen LogP contribution in [0.4, 0.5) is 0 Å².